The smallest absolute Gasteiger partial charge is 0.129 e. The monoisotopic (exact) mass is 91.1 g/mol. The van der Waals surface area contributed by atoms with Gasteiger partial charge in [-0.05, 0) is 13.3 Å². The molecule has 0 aliphatic carbocycles. The van der Waals surface area contributed by atoms with Crippen LogP contribution < -0.4 is 0 Å². The normalized spacial score (nSPS) is 25.2. The van der Waals surface area contributed by atoms with E-state index in [0.717, 1.165) is 0 Å². The summed E-state index contributed by atoms with van der Waals surface area (Å²) >= 11 is 0. The van der Waals surface area contributed by atoms with Crippen molar-refractivity contribution in [3.63, 3.8) is 0 Å². The molecule has 0 saturated heterocycles. The molecule has 1 heteroatoms. The lowest BCUT2D eigenvalue weighted by Gasteiger charge is -1.80. The van der Waals surface area contributed by atoms with Crippen LogP contribution in [0.2, 0.25) is 0 Å². The van der Waals surface area contributed by atoms with Gasteiger partial charge in [0.2, 0.25) is 0 Å². The summed E-state index contributed by atoms with van der Waals surface area (Å²) in [6.07, 6.45) is -2.94. The van der Waals surface area contributed by atoms with Crippen LogP contribution in [-0.2, 0) is 4.79 Å². The summed E-state index contributed by atoms with van der Waals surface area (Å²) in [7, 11) is 0. The molecule has 0 aliphatic rings. The van der Waals surface area contributed by atoms with Crippen molar-refractivity contribution in [2.24, 2.45) is 0 Å². The molecule has 0 unspecified atom stereocenters. The van der Waals surface area contributed by atoms with Crippen molar-refractivity contribution in [1.29, 1.82) is 0 Å². The second-order valence-corrected chi connectivity index (χ2v) is 1.06. The van der Waals surface area contributed by atoms with E-state index in [4.69, 9.17) is 6.85 Å². The number of Topliss-reactive ketones (excluding diaryl/α,β-unsaturated/α-hetero) is 1. The van der Waals surface area contributed by atoms with Crippen molar-refractivity contribution in [3.8, 4) is 0 Å². The molecular formula is C5H10O. The molecule has 0 aromatic heterocycles. The van der Waals surface area contributed by atoms with E-state index in [2.05, 4.69) is 0 Å². The van der Waals surface area contributed by atoms with Crippen molar-refractivity contribution < 1.29 is 11.6 Å². The number of hydrogen-bond acceptors (Lipinski definition) is 1. The van der Waals surface area contributed by atoms with Gasteiger partial charge in [0.25, 0.3) is 0 Å². The van der Waals surface area contributed by atoms with E-state index in [0.29, 0.717) is 0 Å². The molecule has 0 aromatic rings. The van der Waals surface area contributed by atoms with Gasteiger partial charge >= 0.3 is 0 Å². The van der Waals surface area contributed by atoms with Crippen LogP contribution in [0.25, 0.3) is 0 Å². The third-order valence-corrected chi connectivity index (χ3v) is 0.337. The van der Waals surface area contributed by atoms with Gasteiger partial charge in [0.15, 0.2) is 0 Å². The summed E-state index contributed by atoms with van der Waals surface area (Å²) in [6.45, 7) is -1.54. The Morgan fingerprint density at radius 2 is 2.83 bits per heavy atom. The fraction of sp³-hybridized carbons (Fsp3) is 0.800. The largest absolute Gasteiger partial charge is 0.300 e. The molecule has 0 radical (unpaired) electrons. The molecule has 0 N–H and O–H groups in total. The number of hydrogen-bond donors (Lipinski definition) is 0. The Bertz CT molecular complexity index is 159. The zero-order chi connectivity index (χ0) is 9.28. The fourth-order valence-corrected chi connectivity index (χ4v) is 0.124. The van der Waals surface area contributed by atoms with Gasteiger partial charge in [0.05, 0.1) is 0 Å². The first-order valence-electron chi connectivity index (χ1n) is 4.16. The molecule has 1 nitrogen and oxygen atoms in total. The Morgan fingerprint density at radius 1 is 2.17 bits per heavy atom. The van der Waals surface area contributed by atoms with Gasteiger partial charge in [-0.15, -0.1) is 0 Å². The average Bonchev–Trinajstić information content (AvgIpc) is 1.56. The topological polar surface area (TPSA) is 17.1 Å². The maximum Gasteiger partial charge on any atom is 0.129 e. The fourth-order valence-electron chi connectivity index (χ4n) is 0.124. The van der Waals surface area contributed by atoms with Gasteiger partial charge in [-0.2, -0.15) is 0 Å². The van der Waals surface area contributed by atoms with Gasteiger partial charge in [0, 0.05) is 13.3 Å². The number of carbonyl (C=O) groups excluding carboxylic acids is 1. The highest BCUT2D eigenvalue weighted by atomic mass is 16.1. The quantitative estimate of drug-likeness (QED) is 0.501. The number of ketones is 1. The number of rotatable bonds is 2. The van der Waals surface area contributed by atoms with Crippen molar-refractivity contribution in [3.05, 3.63) is 0 Å². The third kappa shape index (κ3) is 3.67. The Balaban J connectivity index is 4.34. The summed E-state index contributed by atoms with van der Waals surface area (Å²) in [5, 5.41) is 0. The number of carbonyl (C=O) groups is 1. The molecule has 0 aromatic carbocycles. The van der Waals surface area contributed by atoms with Crippen molar-refractivity contribution in [1.82, 2.24) is 0 Å². The van der Waals surface area contributed by atoms with E-state index in [1.807, 2.05) is 0 Å². The minimum Gasteiger partial charge on any atom is -0.300 e. The van der Waals surface area contributed by atoms with Crippen LogP contribution in [0.15, 0.2) is 0 Å². The van der Waals surface area contributed by atoms with E-state index in [1.165, 1.54) is 6.92 Å². The van der Waals surface area contributed by atoms with Crippen LogP contribution in [-0.4, -0.2) is 5.78 Å². The predicted molar refractivity (Wildman–Crippen MR) is 25.6 cm³/mol. The highest BCUT2D eigenvalue weighted by molar-refractivity contribution is 5.75. The highest BCUT2D eigenvalue weighted by Crippen LogP contribution is 1.84. The maximum absolute atomic E-state index is 10.4. The summed E-state index contributed by atoms with van der Waals surface area (Å²) in [4.78, 5) is 10.4. The maximum atomic E-state index is 10.4. The Labute approximate surface area is 45.4 Å². The minimum absolute atomic E-state index is 0.453. The first-order chi connectivity index (χ1) is 4.67. The van der Waals surface area contributed by atoms with E-state index in [-0.39, 0.29) is 0 Å². The highest BCUT2D eigenvalue weighted by Gasteiger charge is 1.83. The van der Waals surface area contributed by atoms with Crippen molar-refractivity contribution >= 4 is 5.78 Å². The second-order valence-electron chi connectivity index (χ2n) is 1.06. The third-order valence-electron chi connectivity index (χ3n) is 0.337. The van der Waals surface area contributed by atoms with Crippen LogP contribution in [0.3, 0.4) is 0 Å². The zero-order valence-corrected chi connectivity index (χ0v) is 3.62. The average molecular weight is 91.2 g/mol. The Hall–Kier alpha value is -0.330. The van der Waals surface area contributed by atoms with Crippen molar-refractivity contribution in [2.75, 3.05) is 0 Å². The first-order valence-corrected chi connectivity index (χ1v) is 1.66. The molecule has 0 amide bonds. The lowest BCUT2D eigenvalue weighted by Crippen LogP contribution is -1.84. The van der Waals surface area contributed by atoms with Crippen LogP contribution in [0.5, 0.6) is 0 Å². The summed E-state index contributed by atoms with van der Waals surface area (Å²) in [6, 6.07) is 0. The van der Waals surface area contributed by atoms with Gasteiger partial charge < -0.3 is 4.79 Å². The summed E-state index contributed by atoms with van der Waals surface area (Å²) in [5.41, 5.74) is 0. The Morgan fingerprint density at radius 3 is 3.00 bits per heavy atom. The van der Waals surface area contributed by atoms with E-state index >= 15 is 0 Å². The van der Waals surface area contributed by atoms with Crippen LogP contribution in [0.1, 0.15) is 33.4 Å². The van der Waals surface area contributed by atoms with E-state index in [1.54, 1.807) is 0 Å². The van der Waals surface area contributed by atoms with Crippen molar-refractivity contribution in [2.45, 2.75) is 26.6 Å². The van der Waals surface area contributed by atoms with Gasteiger partial charge in [-0.3, -0.25) is 0 Å². The van der Waals surface area contributed by atoms with Gasteiger partial charge in [-0.1, -0.05) is 6.85 Å². The lowest BCUT2D eigenvalue weighted by atomic mass is 10.3. The molecule has 0 fully saturated rings. The first kappa shape index (κ1) is 1.32. The van der Waals surface area contributed by atoms with E-state index in [9.17, 15) is 4.79 Å². The van der Waals surface area contributed by atoms with Crippen LogP contribution in [0, 0.1) is 0 Å². The molecule has 0 heterocycles. The molecule has 0 bridgehead atoms. The molecule has 0 spiro atoms. The molecule has 0 aliphatic heterocycles. The lowest BCUT2D eigenvalue weighted by molar-refractivity contribution is -0.117. The van der Waals surface area contributed by atoms with Crippen LogP contribution in [0.4, 0.5) is 0 Å². The molecular weight excluding hydrogens is 76.1 g/mol. The molecule has 36 valence electrons. The van der Waals surface area contributed by atoms with E-state index < -0.39 is 25.4 Å². The zero-order valence-electron chi connectivity index (χ0n) is 8.62. The van der Waals surface area contributed by atoms with Gasteiger partial charge in [-0.25, -0.2) is 0 Å². The minimum atomic E-state index is -2.71. The molecule has 6 heavy (non-hydrogen) atoms. The Kier molecular flexibility index (Phi) is 0.636. The van der Waals surface area contributed by atoms with Crippen LogP contribution >= 0.6 is 0 Å². The summed E-state index contributed by atoms with van der Waals surface area (Å²) in [5.74, 6) is -0.453. The molecule has 0 saturated carbocycles. The standard InChI is InChI=1S/C5H10O/c1-3-4-5(2)6/h3-4H2,1-2H3/i1D3,3D2. The summed E-state index contributed by atoms with van der Waals surface area (Å²) < 4.78 is 34.2. The van der Waals surface area contributed by atoms with Gasteiger partial charge in [0.1, 0.15) is 5.78 Å². The predicted octanol–water partition coefficient (Wildman–Crippen LogP) is 1.38. The SMILES string of the molecule is [2H]C([2H])([2H])C([2H])([2H])CC(C)=O. The second kappa shape index (κ2) is 2.88. The molecule has 0 atom stereocenters. The molecule has 0 rings (SSSR count).